The molecular formula is C14H29N3. The van der Waals surface area contributed by atoms with Gasteiger partial charge in [0.05, 0.1) is 0 Å². The van der Waals surface area contributed by atoms with Gasteiger partial charge in [0, 0.05) is 25.2 Å². The van der Waals surface area contributed by atoms with Crippen molar-refractivity contribution in [3.63, 3.8) is 0 Å². The highest BCUT2D eigenvalue weighted by atomic mass is 15.3. The lowest BCUT2D eigenvalue weighted by molar-refractivity contribution is 0.0874. The quantitative estimate of drug-likeness (QED) is 0.680. The van der Waals surface area contributed by atoms with Gasteiger partial charge in [-0.2, -0.15) is 0 Å². The molecule has 0 aromatic rings. The lowest BCUT2D eigenvalue weighted by Gasteiger charge is -2.38. The Morgan fingerprint density at radius 3 is 2.29 bits per heavy atom. The number of piperazine rings is 1. The van der Waals surface area contributed by atoms with Crippen LogP contribution in [0.1, 0.15) is 38.5 Å². The van der Waals surface area contributed by atoms with Crippen molar-refractivity contribution >= 4 is 0 Å². The first-order chi connectivity index (χ1) is 8.31. The van der Waals surface area contributed by atoms with E-state index in [0.29, 0.717) is 0 Å². The highest BCUT2D eigenvalue weighted by Crippen LogP contribution is 2.28. The summed E-state index contributed by atoms with van der Waals surface area (Å²) in [4.78, 5) is 5.32. The number of unbranched alkanes of at least 4 members (excludes halogenated alkanes) is 3. The van der Waals surface area contributed by atoms with Gasteiger partial charge in [0.2, 0.25) is 0 Å². The maximum absolute atomic E-state index is 3.22. The maximum Gasteiger partial charge on any atom is 0.0224 e. The van der Waals surface area contributed by atoms with Gasteiger partial charge in [0.1, 0.15) is 0 Å². The average molecular weight is 239 g/mol. The largest absolute Gasteiger partial charge is 0.320 e. The van der Waals surface area contributed by atoms with Crippen LogP contribution in [-0.4, -0.2) is 62.2 Å². The molecule has 2 saturated heterocycles. The van der Waals surface area contributed by atoms with Gasteiger partial charge in [-0.1, -0.05) is 12.8 Å². The van der Waals surface area contributed by atoms with Gasteiger partial charge in [-0.25, -0.2) is 0 Å². The van der Waals surface area contributed by atoms with Crippen molar-refractivity contribution in [1.29, 1.82) is 0 Å². The molecule has 0 spiro atoms. The normalized spacial score (nSPS) is 30.0. The molecule has 2 rings (SSSR count). The first-order valence-corrected chi connectivity index (χ1v) is 7.40. The second-order valence-electron chi connectivity index (χ2n) is 5.83. The van der Waals surface area contributed by atoms with Gasteiger partial charge in [0.25, 0.3) is 0 Å². The molecule has 0 aromatic carbocycles. The zero-order valence-corrected chi connectivity index (χ0v) is 11.6. The van der Waals surface area contributed by atoms with Crippen molar-refractivity contribution in [1.82, 2.24) is 15.1 Å². The van der Waals surface area contributed by atoms with Crippen LogP contribution in [-0.2, 0) is 0 Å². The third kappa shape index (κ3) is 3.67. The third-order valence-electron chi connectivity index (χ3n) is 4.57. The van der Waals surface area contributed by atoms with E-state index in [4.69, 9.17) is 0 Å². The Morgan fingerprint density at radius 1 is 1.00 bits per heavy atom. The van der Waals surface area contributed by atoms with E-state index in [0.717, 1.165) is 12.1 Å². The van der Waals surface area contributed by atoms with Crippen molar-refractivity contribution in [3.8, 4) is 0 Å². The first-order valence-electron chi connectivity index (χ1n) is 7.40. The van der Waals surface area contributed by atoms with E-state index in [2.05, 4.69) is 22.2 Å². The van der Waals surface area contributed by atoms with Crippen LogP contribution in [0.2, 0.25) is 0 Å². The monoisotopic (exact) mass is 239 g/mol. The van der Waals surface area contributed by atoms with Crippen LogP contribution >= 0.6 is 0 Å². The van der Waals surface area contributed by atoms with Crippen molar-refractivity contribution in [2.45, 2.75) is 50.6 Å². The molecule has 3 nitrogen and oxygen atoms in total. The van der Waals surface area contributed by atoms with Gasteiger partial charge in [-0.15, -0.1) is 0 Å². The molecule has 17 heavy (non-hydrogen) atoms. The van der Waals surface area contributed by atoms with Crippen molar-refractivity contribution in [2.75, 3.05) is 40.3 Å². The van der Waals surface area contributed by atoms with E-state index in [1.54, 1.807) is 0 Å². The number of hydrogen-bond acceptors (Lipinski definition) is 3. The smallest absolute Gasteiger partial charge is 0.0224 e. The van der Waals surface area contributed by atoms with Crippen LogP contribution in [0.5, 0.6) is 0 Å². The fourth-order valence-corrected chi connectivity index (χ4v) is 3.37. The Kier molecular flexibility index (Phi) is 5.26. The molecule has 0 aromatic heterocycles. The Hall–Kier alpha value is -0.120. The van der Waals surface area contributed by atoms with Crippen molar-refractivity contribution < 1.29 is 0 Å². The second-order valence-corrected chi connectivity index (χ2v) is 5.83. The van der Waals surface area contributed by atoms with Crippen LogP contribution < -0.4 is 5.32 Å². The summed E-state index contributed by atoms with van der Waals surface area (Å²) in [6.45, 7) is 5.16. The topological polar surface area (TPSA) is 18.5 Å². The van der Waals surface area contributed by atoms with Crippen molar-refractivity contribution in [3.05, 3.63) is 0 Å². The summed E-state index contributed by atoms with van der Waals surface area (Å²) in [6, 6.07) is 1.72. The molecule has 2 atom stereocenters. The summed E-state index contributed by atoms with van der Waals surface area (Å²) >= 11 is 0. The molecule has 2 unspecified atom stereocenters. The standard InChI is InChI=1S/C14H29N3/c1-15-9-5-3-4-6-10-17-11-13-7-8-14(12-17)16(13)2/h13-15H,3-12H2,1-2H3. The minimum atomic E-state index is 0.859. The van der Waals surface area contributed by atoms with E-state index in [9.17, 15) is 0 Å². The number of nitrogens with one attached hydrogen (secondary N) is 1. The summed E-state index contributed by atoms with van der Waals surface area (Å²) in [5.74, 6) is 0. The lowest BCUT2D eigenvalue weighted by atomic mass is 10.1. The molecule has 3 heteroatoms. The number of fused-ring (bicyclic) bond motifs is 2. The molecule has 2 fully saturated rings. The molecule has 0 amide bonds. The van der Waals surface area contributed by atoms with E-state index < -0.39 is 0 Å². The molecule has 2 heterocycles. The van der Waals surface area contributed by atoms with E-state index in [1.165, 1.54) is 64.7 Å². The minimum Gasteiger partial charge on any atom is -0.320 e. The fourth-order valence-electron chi connectivity index (χ4n) is 3.37. The van der Waals surface area contributed by atoms with E-state index in [1.807, 2.05) is 7.05 Å². The molecule has 2 bridgehead atoms. The van der Waals surface area contributed by atoms with Gasteiger partial charge < -0.3 is 10.2 Å². The summed E-state index contributed by atoms with van der Waals surface area (Å²) in [6.07, 6.45) is 8.39. The first kappa shape index (κ1) is 13.3. The second kappa shape index (κ2) is 6.72. The van der Waals surface area contributed by atoms with Gasteiger partial charge >= 0.3 is 0 Å². The summed E-state index contributed by atoms with van der Waals surface area (Å²) in [7, 11) is 4.36. The van der Waals surface area contributed by atoms with Crippen LogP contribution in [0.4, 0.5) is 0 Å². The highest BCUT2D eigenvalue weighted by molar-refractivity contribution is 4.93. The minimum absolute atomic E-state index is 0.859. The Morgan fingerprint density at radius 2 is 1.65 bits per heavy atom. The highest BCUT2D eigenvalue weighted by Gasteiger charge is 2.36. The zero-order chi connectivity index (χ0) is 12.1. The number of likely N-dealkylation sites (tertiary alicyclic amines) is 1. The zero-order valence-electron chi connectivity index (χ0n) is 11.6. The average Bonchev–Trinajstić information content (AvgIpc) is 2.55. The summed E-state index contributed by atoms with van der Waals surface area (Å²) in [5, 5.41) is 3.22. The summed E-state index contributed by atoms with van der Waals surface area (Å²) in [5.41, 5.74) is 0. The Labute approximate surface area is 107 Å². The van der Waals surface area contributed by atoms with Crippen LogP contribution in [0, 0.1) is 0 Å². The maximum atomic E-state index is 3.22. The number of hydrogen-bond donors (Lipinski definition) is 1. The molecule has 1 N–H and O–H groups in total. The molecule has 2 aliphatic heterocycles. The Balaban J connectivity index is 1.55. The van der Waals surface area contributed by atoms with E-state index in [-0.39, 0.29) is 0 Å². The van der Waals surface area contributed by atoms with E-state index >= 15 is 0 Å². The lowest BCUT2D eigenvalue weighted by Crippen LogP contribution is -2.51. The summed E-state index contributed by atoms with van der Waals surface area (Å²) < 4.78 is 0. The molecule has 100 valence electrons. The predicted octanol–water partition coefficient (Wildman–Crippen LogP) is 1.54. The molecule has 2 aliphatic rings. The van der Waals surface area contributed by atoms with Crippen LogP contribution in [0.3, 0.4) is 0 Å². The van der Waals surface area contributed by atoms with Gasteiger partial charge in [-0.3, -0.25) is 4.90 Å². The molecule has 0 aliphatic carbocycles. The SMILES string of the molecule is CNCCCCCCN1CC2CCC(C1)N2C. The number of likely N-dealkylation sites (N-methyl/N-ethyl adjacent to an activating group) is 1. The predicted molar refractivity (Wildman–Crippen MR) is 73.4 cm³/mol. The van der Waals surface area contributed by atoms with Crippen molar-refractivity contribution in [2.24, 2.45) is 0 Å². The van der Waals surface area contributed by atoms with Crippen LogP contribution in [0.25, 0.3) is 0 Å². The molecular weight excluding hydrogens is 210 g/mol. The van der Waals surface area contributed by atoms with Gasteiger partial charge in [0.15, 0.2) is 0 Å². The fraction of sp³-hybridized carbons (Fsp3) is 1.00. The molecule has 0 radical (unpaired) electrons. The molecule has 0 saturated carbocycles. The van der Waals surface area contributed by atoms with Crippen LogP contribution in [0.15, 0.2) is 0 Å². The third-order valence-corrected chi connectivity index (χ3v) is 4.57. The number of rotatable bonds is 7. The Bertz CT molecular complexity index is 206. The number of nitrogens with zero attached hydrogens (tertiary/aromatic N) is 2. The van der Waals surface area contributed by atoms with Gasteiger partial charge in [-0.05, 0) is 52.9 Å².